The average molecular weight is 270 g/mol. The first-order valence-corrected chi connectivity index (χ1v) is 7.65. The largest absolute Gasteiger partial charge is 0.361 e. The Balaban J connectivity index is 2.38. The second-order valence-corrected chi connectivity index (χ2v) is 6.18. The second-order valence-electron chi connectivity index (χ2n) is 6.18. The van der Waals surface area contributed by atoms with E-state index in [-0.39, 0.29) is 11.5 Å². The van der Waals surface area contributed by atoms with E-state index >= 15 is 0 Å². The van der Waals surface area contributed by atoms with Gasteiger partial charge in [0.15, 0.2) is 0 Å². The lowest BCUT2D eigenvalue weighted by atomic mass is 9.84. The number of ether oxygens (including phenoxy) is 1. The van der Waals surface area contributed by atoms with Crippen molar-refractivity contribution in [3.63, 3.8) is 0 Å². The van der Waals surface area contributed by atoms with E-state index in [0.717, 1.165) is 38.6 Å². The molecule has 1 atom stereocenters. The van der Waals surface area contributed by atoms with Crippen molar-refractivity contribution in [2.24, 2.45) is 11.7 Å². The van der Waals surface area contributed by atoms with Crippen LogP contribution in [-0.2, 0) is 9.53 Å². The monoisotopic (exact) mass is 270 g/mol. The summed E-state index contributed by atoms with van der Waals surface area (Å²) >= 11 is 0. The number of carbonyl (C=O) groups excluding carboxylic acids is 1. The number of amides is 1. The minimum absolute atomic E-state index is 0.0148. The zero-order valence-corrected chi connectivity index (χ0v) is 12.7. The number of hydrogen-bond acceptors (Lipinski definition) is 3. The average Bonchev–Trinajstić information content (AvgIpc) is 2.39. The minimum Gasteiger partial charge on any atom is -0.361 e. The number of nitrogens with one attached hydrogen (secondary N) is 1. The van der Waals surface area contributed by atoms with Gasteiger partial charge >= 0.3 is 0 Å². The van der Waals surface area contributed by atoms with Crippen molar-refractivity contribution in [1.29, 1.82) is 0 Å². The van der Waals surface area contributed by atoms with Crippen molar-refractivity contribution in [1.82, 2.24) is 5.32 Å². The first-order valence-electron chi connectivity index (χ1n) is 7.65. The third-order valence-electron chi connectivity index (χ3n) is 3.95. The van der Waals surface area contributed by atoms with Crippen LogP contribution in [0, 0.1) is 5.92 Å². The van der Waals surface area contributed by atoms with Gasteiger partial charge in [-0.1, -0.05) is 33.1 Å². The summed E-state index contributed by atoms with van der Waals surface area (Å²) in [7, 11) is 0. The molecule has 0 aliphatic heterocycles. The van der Waals surface area contributed by atoms with Gasteiger partial charge in [-0.3, -0.25) is 4.79 Å². The fraction of sp³-hybridized carbons (Fsp3) is 0.933. The molecule has 1 amide bonds. The molecule has 0 aromatic heterocycles. The molecule has 1 fully saturated rings. The van der Waals surface area contributed by atoms with Crippen LogP contribution in [-0.4, -0.2) is 30.7 Å². The molecule has 4 heteroatoms. The van der Waals surface area contributed by atoms with E-state index in [9.17, 15) is 4.79 Å². The summed E-state index contributed by atoms with van der Waals surface area (Å²) in [4.78, 5) is 12.0. The highest BCUT2D eigenvalue weighted by Gasteiger charge is 2.34. The van der Waals surface area contributed by atoms with Gasteiger partial charge in [-0.15, -0.1) is 0 Å². The molecule has 0 spiro atoms. The third kappa shape index (κ3) is 5.49. The maximum Gasteiger partial charge on any atom is 0.248 e. The SMILES string of the molecule is CC(C)CCNC(=O)C(C)OC1(CN)CCCCC1. The summed E-state index contributed by atoms with van der Waals surface area (Å²) < 4.78 is 6.01. The van der Waals surface area contributed by atoms with Crippen molar-refractivity contribution < 1.29 is 9.53 Å². The summed E-state index contributed by atoms with van der Waals surface area (Å²) in [5.41, 5.74) is 5.60. The van der Waals surface area contributed by atoms with Gasteiger partial charge < -0.3 is 15.8 Å². The molecular formula is C15H30N2O2. The summed E-state index contributed by atoms with van der Waals surface area (Å²) in [6.45, 7) is 7.36. The quantitative estimate of drug-likeness (QED) is 0.745. The maximum atomic E-state index is 12.0. The first-order chi connectivity index (χ1) is 8.99. The summed E-state index contributed by atoms with van der Waals surface area (Å²) in [6, 6.07) is 0. The van der Waals surface area contributed by atoms with Crippen LogP contribution < -0.4 is 11.1 Å². The van der Waals surface area contributed by atoms with Gasteiger partial charge in [0.2, 0.25) is 5.91 Å². The highest BCUT2D eigenvalue weighted by Crippen LogP contribution is 2.31. The van der Waals surface area contributed by atoms with Crippen LogP contribution in [0.2, 0.25) is 0 Å². The molecule has 1 aliphatic carbocycles. The number of hydrogen-bond donors (Lipinski definition) is 2. The molecule has 1 rings (SSSR count). The molecule has 3 N–H and O–H groups in total. The maximum absolute atomic E-state index is 12.0. The van der Waals surface area contributed by atoms with Crippen molar-refractivity contribution >= 4 is 5.91 Å². The molecule has 0 aromatic carbocycles. The standard InChI is InChI=1S/C15H30N2O2/c1-12(2)7-10-17-14(18)13(3)19-15(11-16)8-5-4-6-9-15/h12-13H,4-11,16H2,1-3H3,(H,17,18). The highest BCUT2D eigenvalue weighted by atomic mass is 16.5. The van der Waals surface area contributed by atoms with Crippen LogP contribution in [0.15, 0.2) is 0 Å². The molecule has 0 radical (unpaired) electrons. The van der Waals surface area contributed by atoms with Crippen LogP contribution in [0.3, 0.4) is 0 Å². The van der Waals surface area contributed by atoms with Gasteiger partial charge in [0.25, 0.3) is 0 Å². The van der Waals surface area contributed by atoms with E-state index in [1.165, 1.54) is 6.42 Å². The van der Waals surface area contributed by atoms with Crippen LogP contribution >= 0.6 is 0 Å². The van der Waals surface area contributed by atoms with Crippen molar-refractivity contribution in [2.45, 2.75) is 71.0 Å². The summed E-state index contributed by atoms with van der Waals surface area (Å²) in [5, 5.41) is 2.94. The molecule has 19 heavy (non-hydrogen) atoms. The molecule has 1 unspecified atom stereocenters. The fourth-order valence-electron chi connectivity index (χ4n) is 2.62. The molecule has 0 aromatic rings. The van der Waals surface area contributed by atoms with E-state index in [2.05, 4.69) is 19.2 Å². The zero-order chi connectivity index (χ0) is 14.3. The van der Waals surface area contributed by atoms with E-state index in [1.807, 2.05) is 6.92 Å². The number of nitrogens with two attached hydrogens (primary N) is 1. The number of rotatable bonds is 7. The van der Waals surface area contributed by atoms with Gasteiger partial charge in [0, 0.05) is 13.1 Å². The molecule has 0 saturated heterocycles. The van der Waals surface area contributed by atoms with Crippen molar-refractivity contribution in [3.05, 3.63) is 0 Å². The predicted octanol–water partition coefficient (Wildman–Crippen LogP) is 2.22. The van der Waals surface area contributed by atoms with Crippen LogP contribution in [0.5, 0.6) is 0 Å². The Bertz CT molecular complexity index is 273. The number of carbonyl (C=O) groups is 1. The fourth-order valence-corrected chi connectivity index (χ4v) is 2.62. The Kier molecular flexibility index (Phi) is 6.80. The molecule has 1 saturated carbocycles. The van der Waals surface area contributed by atoms with Crippen LogP contribution in [0.1, 0.15) is 59.3 Å². The Hall–Kier alpha value is -0.610. The molecule has 0 bridgehead atoms. The lowest BCUT2D eigenvalue weighted by Crippen LogP contribution is -2.48. The van der Waals surface area contributed by atoms with E-state index in [4.69, 9.17) is 10.5 Å². The van der Waals surface area contributed by atoms with Gasteiger partial charge in [-0.2, -0.15) is 0 Å². The summed E-state index contributed by atoms with van der Waals surface area (Å²) in [5.74, 6) is 0.587. The Morgan fingerprint density at radius 2 is 1.89 bits per heavy atom. The molecule has 0 heterocycles. The topological polar surface area (TPSA) is 64.3 Å². The minimum atomic E-state index is -0.409. The Morgan fingerprint density at radius 1 is 1.26 bits per heavy atom. The lowest BCUT2D eigenvalue weighted by Gasteiger charge is -2.38. The van der Waals surface area contributed by atoms with Gasteiger partial charge in [-0.25, -0.2) is 0 Å². The molecule has 112 valence electrons. The normalized spacial score (nSPS) is 20.3. The van der Waals surface area contributed by atoms with Crippen molar-refractivity contribution in [2.75, 3.05) is 13.1 Å². The van der Waals surface area contributed by atoms with Gasteiger partial charge in [-0.05, 0) is 32.1 Å². The predicted molar refractivity (Wildman–Crippen MR) is 77.9 cm³/mol. The summed E-state index contributed by atoms with van der Waals surface area (Å²) in [6.07, 6.45) is 6.10. The van der Waals surface area contributed by atoms with Gasteiger partial charge in [0.1, 0.15) is 6.10 Å². The van der Waals surface area contributed by atoms with E-state index in [1.54, 1.807) is 0 Å². The molecule has 4 nitrogen and oxygen atoms in total. The van der Waals surface area contributed by atoms with Crippen LogP contribution in [0.25, 0.3) is 0 Å². The van der Waals surface area contributed by atoms with Crippen LogP contribution in [0.4, 0.5) is 0 Å². The van der Waals surface area contributed by atoms with E-state index < -0.39 is 6.10 Å². The molecular weight excluding hydrogens is 240 g/mol. The van der Waals surface area contributed by atoms with Crippen molar-refractivity contribution in [3.8, 4) is 0 Å². The Morgan fingerprint density at radius 3 is 2.42 bits per heavy atom. The zero-order valence-electron chi connectivity index (χ0n) is 12.7. The lowest BCUT2D eigenvalue weighted by molar-refractivity contribution is -0.149. The smallest absolute Gasteiger partial charge is 0.248 e. The molecule has 1 aliphatic rings. The Labute approximate surface area is 117 Å². The third-order valence-corrected chi connectivity index (χ3v) is 3.95. The second kappa shape index (κ2) is 7.85. The van der Waals surface area contributed by atoms with Gasteiger partial charge in [0.05, 0.1) is 5.60 Å². The van der Waals surface area contributed by atoms with E-state index in [0.29, 0.717) is 12.5 Å². The first kappa shape index (κ1) is 16.4. The highest BCUT2D eigenvalue weighted by molar-refractivity contribution is 5.80.